The van der Waals surface area contributed by atoms with Crippen molar-refractivity contribution in [2.24, 2.45) is 11.7 Å². The van der Waals surface area contributed by atoms with Gasteiger partial charge in [-0.15, -0.1) is 6.58 Å². The summed E-state index contributed by atoms with van der Waals surface area (Å²) in [6, 6.07) is 0.145. The summed E-state index contributed by atoms with van der Waals surface area (Å²) in [6.45, 7) is 7.86. The molecule has 1 aliphatic heterocycles. The maximum absolute atomic E-state index is 12.1. The van der Waals surface area contributed by atoms with E-state index in [-0.39, 0.29) is 11.6 Å². The molecular weight excluding hydrogens is 308 g/mol. The zero-order valence-corrected chi connectivity index (χ0v) is 12.6. The molecule has 19 heavy (non-hydrogen) atoms. The van der Waals surface area contributed by atoms with Crippen molar-refractivity contribution < 1.29 is 0 Å². The molecule has 1 saturated heterocycles. The van der Waals surface area contributed by atoms with Gasteiger partial charge in [-0.2, -0.15) is 5.10 Å². The van der Waals surface area contributed by atoms with E-state index in [2.05, 4.69) is 39.4 Å². The Morgan fingerprint density at radius 3 is 3.00 bits per heavy atom. The summed E-state index contributed by atoms with van der Waals surface area (Å²) in [6.07, 6.45) is 4.40. The van der Waals surface area contributed by atoms with Gasteiger partial charge in [0.25, 0.3) is 5.56 Å². The Morgan fingerprint density at radius 1 is 1.63 bits per heavy atom. The van der Waals surface area contributed by atoms with Crippen molar-refractivity contribution in [3.05, 3.63) is 33.7 Å². The number of rotatable bonds is 3. The van der Waals surface area contributed by atoms with E-state index < -0.39 is 0 Å². The van der Waals surface area contributed by atoms with Crippen molar-refractivity contribution >= 4 is 21.6 Å². The summed E-state index contributed by atoms with van der Waals surface area (Å²) in [5, 5.41) is 4.17. The first-order valence-electron chi connectivity index (χ1n) is 6.40. The average Bonchev–Trinajstić information content (AvgIpc) is 2.34. The average molecular weight is 327 g/mol. The van der Waals surface area contributed by atoms with Gasteiger partial charge >= 0.3 is 0 Å². The Labute approximate surface area is 121 Å². The number of nitrogens with two attached hydrogens (primary N) is 1. The van der Waals surface area contributed by atoms with Crippen LogP contribution in [0.5, 0.6) is 0 Å². The standard InChI is InChI=1S/C13H19BrN4O/c1-3-4-18-13(19)12(14)11(6-16-18)17-7-9(2)5-10(15)8-17/h3,6,9-10H,1,4-5,7-8,15H2,2H3. The second-order valence-corrected chi connectivity index (χ2v) is 5.92. The third kappa shape index (κ3) is 3.06. The summed E-state index contributed by atoms with van der Waals surface area (Å²) >= 11 is 3.39. The highest BCUT2D eigenvalue weighted by Gasteiger charge is 2.24. The molecule has 2 atom stereocenters. The Balaban J connectivity index is 2.32. The number of hydrogen-bond acceptors (Lipinski definition) is 4. The number of nitrogens with zero attached hydrogens (tertiary/aromatic N) is 3. The first kappa shape index (κ1) is 14.3. The highest BCUT2D eigenvalue weighted by molar-refractivity contribution is 9.10. The van der Waals surface area contributed by atoms with Crippen molar-refractivity contribution in [3.8, 4) is 0 Å². The first-order valence-corrected chi connectivity index (χ1v) is 7.19. The molecule has 0 amide bonds. The molecular formula is C13H19BrN4O. The number of halogens is 1. The van der Waals surface area contributed by atoms with Crippen molar-refractivity contribution in [2.45, 2.75) is 25.9 Å². The van der Waals surface area contributed by atoms with Crippen molar-refractivity contribution in [1.82, 2.24) is 9.78 Å². The number of allylic oxidation sites excluding steroid dienone is 1. The van der Waals surface area contributed by atoms with Crippen LogP contribution in [0.1, 0.15) is 13.3 Å². The third-order valence-electron chi connectivity index (χ3n) is 3.30. The molecule has 0 bridgehead atoms. The molecule has 0 spiro atoms. The molecule has 0 aliphatic carbocycles. The van der Waals surface area contributed by atoms with Crippen LogP contribution in [-0.2, 0) is 6.54 Å². The molecule has 1 aromatic rings. The van der Waals surface area contributed by atoms with Gasteiger partial charge in [-0.3, -0.25) is 4.79 Å². The molecule has 6 heteroatoms. The Bertz CT molecular complexity index is 518. The molecule has 0 radical (unpaired) electrons. The molecule has 2 rings (SSSR count). The van der Waals surface area contributed by atoms with Crippen LogP contribution in [0.4, 0.5) is 5.69 Å². The van der Waals surface area contributed by atoms with E-state index in [1.165, 1.54) is 4.68 Å². The minimum absolute atomic E-state index is 0.135. The van der Waals surface area contributed by atoms with Gasteiger partial charge < -0.3 is 10.6 Å². The zero-order valence-electron chi connectivity index (χ0n) is 11.1. The smallest absolute Gasteiger partial charge is 0.283 e. The quantitative estimate of drug-likeness (QED) is 0.852. The van der Waals surface area contributed by atoms with E-state index in [1.54, 1.807) is 12.3 Å². The molecule has 104 valence electrons. The monoisotopic (exact) mass is 326 g/mol. The molecule has 1 aliphatic rings. The lowest BCUT2D eigenvalue weighted by Gasteiger charge is -2.36. The highest BCUT2D eigenvalue weighted by atomic mass is 79.9. The lowest BCUT2D eigenvalue weighted by Crippen LogP contribution is -2.47. The van der Waals surface area contributed by atoms with Crippen molar-refractivity contribution in [1.29, 1.82) is 0 Å². The largest absolute Gasteiger partial charge is 0.367 e. The molecule has 0 aromatic carbocycles. The fraction of sp³-hybridized carbons (Fsp3) is 0.538. The van der Waals surface area contributed by atoms with Gasteiger partial charge in [0.2, 0.25) is 0 Å². The van der Waals surface area contributed by atoms with E-state index in [9.17, 15) is 4.79 Å². The van der Waals surface area contributed by atoms with Crippen molar-refractivity contribution in [2.75, 3.05) is 18.0 Å². The minimum atomic E-state index is -0.135. The van der Waals surface area contributed by atoms with E-state index in [0.717, 1.165) is 25.2 Å². The van der Waals surface area contributed by atoms with Crippen LogP contribution < -0.4 is 16.2 Å². The highest BCUT2D eigenvalue weighted by Crippen LogP contribution is 2.26. The van der Waals surface area contributed by atoms with Gasteiger partial charge in [0.15, 0.2) is 0 Å². The number of hydrogen-bond donors (Lipinski definition) is 1. The summed E-state index contributed by atoms with van der Waals surface area (Å²) in [5.74, 6) is 0.520. The summed E-state index contributed by atoms with van der Waals surface area (Å²) in [4.78, 5) is 14.3. The zero-order chi connectivity index (χ0) is 14.0. The van der Waals surface area contributed by atoms with E-state index >= 15 is 0 Å². The molecule has 5 nitrogen and oxygen atoms in total. The first-order chi connectivity index (χ1) is 9.02. The molecule has 2 N–H and O–H groups in total. The normalized spacial score (nSPS) is 23.4. The molecule has 1 aromatic heterocycles. The summed E-state index contributed by atoms with van der Waals surface area (Å²) < 4.78 is 1.93. The minimum Gasteiger partial charge on any atom is -0.367 e. The van der Waals surface area contributed by atoms with Gasteiger partial charge in [0.05, 0.1) is 18.4 Å². The van der Waals surface area contributed by atoms with Crippen LogP contribution in [0.25, 0.3) is 0 Å². The maximum atomic E-state index is 12.1. The van der Waals surface area contributed by atoms with Crippen LogP contribution in [0.3, 0.4) is 0 Å². The van der Waals surface area contributed by atoms with E-state index in [0.29, 0.717) is 16.9 Å². The molecule has 0 saturated carbocycles. The van der Waals surface area contributed by atoms with Gasteiger partial charge in [0.1, 0.15) is 4.47 Å². The Kier molecular flexibility index (Phi) is 4.42. The second-order valence-electron chi connectivity index (χ2n) is 5.13. The lowest BCUT2D eigenvalue weighted by atomic mass is 9.96. The molecule has 2 heterocycles. The Hall–Kier alpha value is -1.14. The van der Waals surface area contributed by atoms with Crippen molar-refractivity contribution in [3.63, 3.8) is 0 Å². The van der Waals surface area contributed by atoms with E-state index in [1.807, 2.05) is 0 Å². The fourth-order valence-electron chi connectivity index (χ4n) is 2.53. The summed E-state index contributed by atoms with van der Waals surface area (Å²) in [7, 11) is 0. The summed E-state index contributed by atoms with van der Waals surface area (Å²) in [5.41, 5.74) is 6.74. The third-order valence-corrected chi connectivity index (χ3v) is 4.05. The van der Waals surface area contributed by atoms with Gasteiger partial charge in [-0.25, -0.2) is 4.68 Å². The fourth-order valence-corrected chi connectivity index (χ4v) is 3.08. The lowest BCUT2D eigenvalue weighted by molar-refractivity contribution is 0.400. The molecule has 2 unspecified atom stereocenters. The second kappa shape index (κ2) is 5.88. The van der Waals surface area contributed by atoms with Crippen LogP contribution in [-0.4, -0.2) is 28.9 Å². The van der Waals surface area contributed by atoms with Crippen LogP contribution in [0.2, 0.25) is 0 Å². The number of aromatic nitrogens is 2. The SMILES string of the molecule is C=CCn1ncc(N2CC(C)CC(N)C2)c(Br)c1=O. The maximum Gasteiger partial charge on any atom is 0.283 e. The van der Waals surface area contributed by atoms with Gasteiger partial charge in [-0.05, 0) is 28.3 Å². The predicted molar refractivity (Wildman–Crippen MR) is 80.4 cm³/mol. The van der Waals surface area contributed by atoms with Crippen LogP contribution in [0.15, 0.2) is 28.1 Å². The predicted octanol–water partition coefficient (Wildman–Crippen LogP) is 1.37. The number of piperidine rings is 1. The van der Waals surface area contributed by atoms with Crippen LogP contribution >= 0.6 is 15.9 Å². The van der Waals surface area contributed by atoms with Crippen LogP contribution in [0, 0.1) is 5.92 Å². The number of anilines is 1. The molecule has 1 fully saturated rings. The Morgan fingerprint density at radius 2 is 2.37 bits per heavy atom. The van der Waals surface area contributed by atoms with Gasteiger partial charge in [-0.1, -0.05) is 13.0 Å². The van der Waals surface area contributed by atoms with E-state index in [4.69, 9.17) is 5.73 Å². The topological polar surface area (TPSA) is 64.2 Å². The van der Waals surface area contributed by atoms with Gasteiger partial charge in [0, 0.05) is 19.1 Å².